The molecule has 1 aromatic rings. The van der Waals surface area contributed by atoms with Crippen molar-refractivity contribution in [3.8, 4) is 0 Å². The monoisotopic (exact) mass is 225 g/mol. The van der Waals surface area contributed by atoms with Crippen molar-refractivity contribution in [1.82, 2.24) is 4.98 Å². The third-order valence-electron chi connectivity index (χ3n) is 2.74. The van der Waals surface area contributed by atoms with Crippen molar-refractivity contribution < 1.29 is 0 Å². The first kappa shape index (κ1) is 12.5. The third kappa shape index (κ3) is 4.21. The second-order valence-corrected chi connectivity index (χ2v) is 4.87. The van der Waals surface area contributed by atoms with Crippen LogP contribution in [-0.4, -0.2) is 10.4 Å². The average Bonchev–Trinajstić information content (AvgIpc) is 2.22. The van der Waals surface area contributed by atoms with E-state index in [0.717, 1.165) is 12.1 Å². The van der Waals surface area contributed by atoms with Crippen molar-refractivity contribution in [3.63, 3.8) is 0 Å². The van der Waals surface area contributed by atoms with Crippen LogP contribution in [-0.2, 0) is 6.42 Å². The lowest BCUT2D eigenvalue weighted by molar-refractivity contribution is 0.491. The van der Waals surface area contributed by atoms with Gasteiger partial charge in [-0.3, -0.25) is 4.98 Å². The lowest BCUT2D eigenvalue weighted by atomic mass is 9.98. The van der Waals surface area contributed by atoms with Gasteiger partial charge < -0.3 is 0 Å². The Morgan fingerprint density at radius 2 is 2.13 bits per heavy atom. The fourth-order valence-electron chi connectivity index (χ4n) is 1.66. The van der Waals surface area contributed by atoms with Crippen LogP contribution in [0.2, 0.25) is 0 Å². The maximum atomic E-state index is 6.34. The summed E-state index contributed by atoms with van der Waals surface area (Å²) in [6, 6.07) is 4.17. The van der Waals surface area contributed by atoms with Gasteiger partial charge in [-0.1, -0.05) is 26.3 Å². The molecular formula is C13H20ClN. The Morgan fingerprint density at radius 3 is 2.67 bits per heavy atom. The van der Waals surface area contributed by atoms with E-state index in [2.05, 4.69) is 37.9 Å². The van der Waals surface area contributed by atoms with Gasteiger partial charge in [0.05, 0.1) is 0 Å². The van der Waals surface area contributed by atoms with Crippen LogP contribution in [0, 0.1) is 12.8 Å². The molecule has 1 aromatic heterocycles. The Kier molecular flexibility index (Phi) is 5.10. The van der Waals surface area contributed by atoms with Crippen molar-refractivity contribution in [3.05, 3.63) is 29.6 Å². The van der Waals surface area contributed by atoms with Gasteiger partial charge in [0, 0.05) is 23.7 Å². The van der Waals surface area contributed by atoms with Crippen LogP contribution in [0.5, 0.6) is 0 Å². The molecule has 0 aliphatic rings. The zero-order valence-corrected chi connectivity index (χ0v) is 10.6. The fourth-order valence-corrected chi connectivity index (χ4v) is 1.94. The molecule has 0 aliphatic heterocycles. The van der Waals surface area contributed by atoms with E-state index in [0.29, 0.717) is 5.92 Å². The maximum absolute atomic E-state index is 6.34. The summed E-state index contributed by atoms with van der Waals surface area (Å²) in [5.41, 5.74) is 2.30. The highest BCUT2D eigenvalue weighted by molar-refractivity contribution is 6.20. The van der Waals surface area contributed by atoms with Gasteiger partial charge in [0.1, 0.15) is 0 Å². The number of hydrogen-bond donors (Lipinski definition) is 0. The van der Waals surface area contributed by atoms with E-state index in [9.17, 15) is 0 Å². The highest BCUT2D eigenvalue weighted by atomic mass is 35.5. The second-order valence-electron chi connectivity index (χ2n) is 4.31. The fraction of sp³-hybridized carbons (Fsp3) is 0.615. The Hall–Kier alpha value is -0.560. The number of rotatable bonds is 5. The van der Waals surface area contributed by atoms with Crippen molar-refractivity contribution in [2.45, 2.75) is 45.4 Å². The van der Waals surface area contributed by atoms with E-state index in [1.54, 1.807) is 0 Å². The quantitative estimate of drug-likeness (QED) is 0.691. The van der Waals surface area contributed by atoms with E-state index >= 15 is 0 Å². The van der Waals surface area contributed by atoms with Gasteiger partial charge >= 0.3 is 0 Å². The van der Waals surface area contributed by atoms with Crippen LogP contribution in [0.25, 0.3) is 0 Å². The summed E-state index contributed by atoms with van der Waals surface area (Å²) >= 11 is 6.34. The normalized spacial score (nSPS) is 14.9. The number of alkyl halides is 1. The molecule has 0 saturated heterocycles. The van der Waals surface area contributed by atoms with Gasteiger partial charge in [0.2, 0.25) is 0 Å². The third-order valence-corrected chi connectivity index (χ3v) is 3.32. The zero-order chi connectivity index (χ0) is 11.3. The number of aryl methyl sites for hydroxylation is 1. The van der Waals surface area contributed by atoms with Gasteiger partial charge in [-0.2, -0.15) is 0 Å². The van der Waals surface area contributed by atoms with Crippen LogP contribution < -0.4 is 0 Å². The van der Waals surface area contributed by atoms with E-state index < -0.39 is 0 Å². The molecule has 0 N–H and O–H groups in total. The number of hydrogen-bond acceptors (Lipinski definition) is 1. The van der Waals surface area contributed by atoms with E-state index in [1.165, 1.54) is 18.4 Å². The lowest BCUT2D eigenvalue weighted by Gasteiger charge is -2.16. The van der Waals surface area contributed by atoms with E-state index in [-0.39, 0.29) is 5.38 Å². The summed E-state index contributed by atoms with van der Waals surface area (Å²) in [5, 5.41) is 0.208. The van der Waals surface area contributed by atoms with E-state index in [4.69, 9.17) is 11.6 Å². The van der Waals surface area contributed by atoms with E-state index in [1.807, 2.05) is 6.20 Å². The molecule has 0 aromatic carbocycles. The van der Waals surface area contributed by atoms with Crippen molar-refractivity contribution in [1.29, 1.82) is 0 Å². The Bertz CT molecular complexity index is 281. The molecule has 1 rings (SSSR count). The molecule has 0 amide bonds. The van der Waals surface area contributed by atoms with Gasteiger partial charge in [-0.05, 0) is 30.9 Å². The van der Waals surface area contributed by atoms with Gasteiger partial charge in [0.25, 0.3) is 0 Å². The number of pyridine rings is 1. The smallest absolute Gasteiger partial charge is 0.0418 e. The van der Waals surface area contributed by atoms with Gasteiger partial charge in [0.15, 0.2) is 0 Å². The van der Waals surface area contributed by atoms with Gasteiger partial charge in [-0.25, -0.2) is 0 Å². The highest BCUT2D eigenvalue weighted by Crippen LogP contribution is 2.19. The summed E-state index contributed by atoms with van der Waals surface area (Å²) in [5.74, 6) is 0.569. The molecule has 0 spiro atoms. The molecule has 15 heavy (non-hydrogen) atoms. The predicted octanol–water partition coefficient (Wildman–Crippen LogP) is 3.98. The van der Waals surface area contributed by atoms with Crippen LogP contribution in [0.3, 0.4) is 0 Å². The van der Waals surface area contributed by atoms with Crippen molar-refractivity contribution in [2.75, 3.05) is 0 Å². The summed E-state index contributed by atoms with van der Waals surface area (Å²) in [6.07, 6.45) is 5.18. The molecule has 1 heterocycles. The summed E-state index contributed by atoms with van der Waals surface area (Å²) in [4.78, 5) is 4.38. The molecule has 84 valence electrons. The molecular weight excluding hydrogens is 206 g/mol. The highest BCUT2D eigenvalue weighted by Gasteiger charge is 2.14. The van der Waals surface area contributed by atoms with Gasteiger partial charge in [-0.15, -0.1) is 11.6 Å². The predicted molar refractivity (Wildman–Crippen MR) is 66.4 cm³/mol. The Morgan fingerprint density at radius 1 is 1.40 bits per heavy atom. The van der Waals surface area contributed by atoms with Crippen molar-refractivity contribution >= 4 is 11.6 Å². The molecule has 2 unspecified atom stereocenters. The minimum Gasteiger partial charge on any atom is -0.261 e. The first-order chi connectivity index (χ1) is 7.13. The topological polar surface area (TPSA) is 12.9 Å². The van der Waals surface area contributed by atoms with Crippen molar-refractivity contribution in [2.24, 2.45) is 5.92 Å². The SMILES string of the molecule is CCCC(C)C(Cl)Cc1ccc(C)cn1. The molecule has 0 fully saturated rings. The first-order valence-electron chi connectivity index (χ1n) is 5.69. The Labute approximate surface area is 97.9 Å². The number of nitrogens with zero attached hydrogens (tertiary/aromatic N) is 1. The van der Waals surface area contributed by atoms with Crippen LogP contribution in [0.1, 0.15) is 37.9 Å². The van der Waals surface area contributed by atoms with Crippen LogP contribution >= 0.6 is 11.6 Å². The molecule has 2 heteroatoms. The Balaban J connectivity index is 2.50. The zero-order valence-electron chi connectivity index (χ0n) is 9.83. The molecule has 1 nitrogen and oxygen atoms in total. The minimum absolute atomic E-state index is 0.208. The molecule has 0 aliphatic carbocycles. The maximum Gasteiger partial charge on any atom is 0.0418 e. The summed E-state index contributed by atoms with van der Waals surface area (Å²) in [6.45, 7) is 6.47. The molecule has 0 bridgehead atoms. The number of halogens is 1. The standard InChI is InChI=1S/C13H20ClN/c1-4-5-11(3)13(14)8-12-7-6-10(2)9-15-12/h6-7,9,11,13H,4-5,8H2,1-3H3. The molecule has 0 radical (unpaired) electrons. The minimum atomic E-state index is 0.208. The molecule has 2 atom stereocenters. The average molecular weight is 226 g/mol. The van der Waals surface area contributed by atoms with Crippen LogP contribution in [0.4, 0.5) is 0 Å². The summed E-state index contributed by atoms with van der Waals surface area (Å²) < 4.78 is 0. The molecule has 0 saturated carbocycles. The second kappa shape index (κ2) is 6.12. The summed E-state index contributed by atoms with van der Waals surface area (Å²) in [7, 11) is 0. The largest absolute Gasteiger partial charge is 0.261 e. The lowest BCUT2D eigenvalue weighted by Crippen LogP contribution is -2.15. The number of aromatic nitrogens is 1. The van der Waals surface area contributed by atoms with Crippen LogP contribution in [0.15, 0.2) is 18.3 Å². The first-order valence-corrected chi connectivity index (χ1v) is 6.12.